The fourth-order valence-electron chi connectivity index (χ4n) is 12.6. The van der Waals surface area contributed by atoms with Crippen LogP contribution in [0.2, 0.25) is 0 Å². The lowest BCUT2D eigenvalue weighted by molar-refractivity contribution is 0.411. The summed E-state index contributed by atoms with van der Waals surface area (Å²) in [5, 5.41) is 18.0. The lowest BCUT2D eigenvalue weighted by Crippen LogP contribution is -2.45. The molecule has 4 aliphatic rings. The van der Waals surface area contributed by atoms with E-state index in [-0.39, 0.29) is 30.3 Å². The van der Waals surface area contributed by atoms with Crippen LogP contribution >= 0.6 is 0 Å². The van der Waals surface area contributed by atoms with Crippen molar-refractivity contribution < 1.29 is 0 Å². The molecule has 0 spiro atoms. The van der Waals surface area contributed by atoms with E-state index in [2.05, 4.69) is 251 Å². The van der Waals surface area contributed by atoms with E-state index >= 15 is 0 Å². The molecule has 2 aliphatic heterocycles. The summed E-state index contributed by atoms with van der Waals surface area (Å²) in [6.07, 6.45) is 7.58. The predicted molar refractivity (Wildman–Crippen MR) is 290 cm³/mol. The van der Waals surface area contributed by atoms with Crippen LogP contribution < -0.4 is 15.5 Å². The Hall–Kier alpha value is -8.51. The highest BCUT2D eigenvalue weighted by atomic mass is 15.3. The van der Waals surface area contributed by atoms with E-state index in [1.165, 1.54) is 98.9 Å². The maximum atomic E-state index is 5.49. The third-order valence-electron chi connectivity index (χ3n) is 15.7. The Morgan fingerprint density at radius 2 is 1.19 bits per heavy atom. The van der Waals surface area contributed by atoms with Gasteiger partial charge in [0.05, 0.1) is 23.5 Å². The van der Waals surface area contributed by atoms with E-state index in [1.54, 1.807) is 0 Å². The quantitative estimate of drug-likeness (QED) is 0.169. The van der Waals surface area contributed by atoms with E-state index in [1.807, 2.05) is 0 Å². The van der Waals surface area contributed by atoms with Crippen molar-refractivity contribution in [2.75, 3.05) is 4.90 Å². The number of hydrogen-bond acceptors (Lipinski definition) is 4. The van der Waals surface area contributed by atoms with Crippen LogP contribution in [0.1, 0.15) is 81.3 Å². The molecule has 0 saturated carbocycles. The maximum absolute atomic E-state index is 5.49. The van der Waals surface area contributed by atoms with Crippen LogP contribution in [0.3, 0.4) is 0 Å². The summed E-state index contributed by atoms with van der Waals surface area (Å²) in [6.45, 7) is 0. The Bertz CT molecular complexity index is 4050. The molecule has 10 aromatic carbocycles. The number of amidine groups is 1. The number of rotatable bonds is 5. The van der Waals surface area contributed by atoms with Gasteiger partial charge in [0.1, 0.15) is 18.2 Å². The van der Waals surface area contributed by atoms with Gasteiger partial charge < -0.3 is 14.8 Å². The summed E-state index contributed by atoms with van der Waals surface area (Å²) in [5.41, 5.74) is 15.2. The van der Waals surface area contributed by atoms with E-state index in [4.69, 9.17) is 4.99 Å². The van der Waals surface area contributed by atoms with Crippen molar-refractivity contribution in [1.29, 1.82) is 0 Å². The number of nitrogens with one attached hydrogen (secondary N) is 2. The number of anilines is 1. The number of para-hydroxylation sites is 2. The Morgan fingerprint density at radius 1 is 0.486 bits per heavy atom. The first-order chi connectivity index (χ1) is 34.7. The highest BCUT2D eigenvalue weighted by Gasteiger charge is 2.46. The van der Waals surface area contributed by atoms with Crippen molar-refractivity contribution in [3.63, 3.8) is 0 Å². The van der Waals surface area contributed by atoms with E-state index in [9.17, 15) is 0 Å². The van der Waals surface area contributed by atoms with Gasteiger partial charge in [0.25, 0.3) is 0 Å². The van der Waals surface area contributed by atoms with Gasteiger partial charge >= 0.3 is 0 Å². The average molecular weight is 898 g/mol. The second-order valence-electron chi connectivity index (χ2n) is 19.4. The molecule has 5 nitrogen and oxygen atoms in total. The lowest BCUT2D eigenvalue weighted by atomic mass is 9.79. The van der Waals surface area contributed by atoms with Gasteiger partial charge in [-0.05, 0) is 120 Å². The Morgan fingerprint density at radius 3 is 2.06 bits per heavy atom. The van der Waals surface area contributed by atoms with E-state index in [0.717, 1.165) is 23.4 Å². The summed E-state index contributed by atoms with van der Waals surface area (Å²) in [7, 11) is 0. The first-order valence-electron chi connectivity index (χ1n) is 24.7. The molecule has 0 bridgehead atoms. The molecule has 2 N–H and O–H groups in total. The zero-order valence-corrected chi connectivity index (χ0v) is 38.4. The van der Waals surface area contributed by atoms with Crippen molar-refractivity contribution in [2.24, 2.45) is 4.99 Å². The molecule has 70 heavy (non-hydrogen) atoms. The van der Waals surface area contributed by atoms with Crippen molar-refractivity contribution >= 4 is 77.8 Å². The zero-order chi connectivity index (χ0) is 45.9. The Balaban J connectivity index is 0.879. The molecular weight excluding hydrogens is 851 g/mol. The fourth-order valence-corrected chi connectivity index (χ4v) is 12.6. The van der Waals surface area contributed by atoms with E-state index < -0.39 is 0 Å². The molecule has 3 heterocycles. The van der Waals surface area contributed by atoms with Crippen LogP contribution in [0, 0.1) is 0 Å². The van der Waals surface area contributed by atoms with Crippen molar-refractivity contribution in [3.05, 3.63) is 269 Å². The molecule has 1 aromatic heterocycles. The monoisotopic (exact) mass is 897 g/mol. The van der Waals surface area contributed by atoms with Gasteiger partial charge in [-0.15, -0.1) is 0 Å². The normalized spacial score (nSPS) is 20.2. The highest BCUT2D eigenvalue weighted by molar-refractivity contribution is 6.13. The van der Waals surface area contributed by atoms with Crippen LogP contribution in [0.15, 0.2) is 229 Å². The number of hydrogen-bond donors (Lipinski definition) is 2. The zero-order valence-electron chi connectivity index (χ0n) is 38.4. The number of aliphatic imine (C=N–C) groups is 1. The highest BCUT2D eigenvalue weighted by Crippen LogP contribution is 2.59. The Kier molecular flexibility index (Phi) is 8.75. The molecule has 5 unspecified atom stereocenters. The third-order valence-corrected chi connectivity index (χ3v) is 15.7. The lowest BCUT2D eigenvalue weighted by Gasteiger charge is -2.39. The third kappa shape index (κ3) is 5.98. The molecule has 0 radical (unpaired) electrons. The minimum atomic E-state index is -0.307. The minimum Gasteiger partial charge on any atom is -0.350 e. The maximum Gasteiger partial charge on any atom is 0.131 e. The molecule has 0 amide bonds. The minimum absolute atomic E-state index is 0.0173. The number of fused-ring (bicyclic) bond motifs is 12. The molecule has 5 heteroatoms. The first-order valence-corrected chi connectivity index (χ1v) is 24.7. The standard InChI is InChI=1S/C65H47N5/c1-2-17-41(18-3-1)63-66-64(68-65(67-63)55-36-44-21-6-8-24-47(44)49-26-10-11-27-50(49)55)46-34-33-40-23-16-32-58(53(40)37-46)69-57-31-15-13-29-52(57)61-60(69)39-45-22-7-9-25-48(45)62(61)70-56-30-14-12-28-51(56)54-35-42-19-4-5-20-43(42)38-59(54)70/h1-31,33-39,58,61-62,64-65,68H,32H2,(H,66,67). The second kappa shape index (κ2) is 15.5. The summed E-state index contributed by atoms with van der Waals surface area (Å²) in [4.78, 5) is 8.20. The number of allylic oxidation sites excluding steroid dienone is 1. The number of nitrogens with zero attached hydrogens (tertiary/aromatic N) is 3. The van der Waals surface area contributed by atoms with Gasteiger partial charge in [0, 0.05) is 33.2 Å². The smallest absolute Gasteiger partial charge is 0.131 e. The van der Waals surface area contributed by atoms with Gasteiger partial charge in [-0.3, -0.25) is 5.32 Å². The van der Waals surface area contributed by atoms with E-state index in [0.29, 0.717) is 0 Å². The summed E-state index contributed by atoms with van der Waals surface area (Å²) >= 11 is 0. The number of aromatic nitrogens is 1. The van der Waals surface area contributed by atoms with Gasteiger partial charge in [-0.25, -0.2) is 4.99 Å². The van der Waals surface area contributed by atoms with Crippen LogP contribution in [-0.2, 0) is 0 Å². The van der Waals surface area contributed by atoms with Gasteiger partial charge in [0.15, 0.2) is 0 Å². The van der Waals surface area contributed by atoms with Gasteiger partial charge in [-0.2, -0.15) is 0 Å². The van der Waals surface area contributed by atoms with Crippen molar-refractivity contribution in [1.82, 2.24) is 15.2 Å². The molecule has 11 aromatic rings. The molecule has 332 valence electrons. The number of benzene rings is 10. The SMILES string of the molecule is C1=Cc2ccc(C3N=C(c4ccccc4)NC(c4cc5ccccc5c5ccccc45)N3)cc2C(N2C3=Cc4ccccc4C(n4c5ccccc5c5cc6ccccc6cc54)C3c3ccccc32)C1. The second-order valence-corrected chi connectivity index (χ2v) is 19.4. The average Bonchev–Trinajstić information content (AvgIpc) is 3.93. The largest absolute Gasteiger partial charge is 0.350 e. The summed E-state index contributed by atoms with van der Waals surface area (Å²) in [6, 6.07) is 78.6. The molecule has 2 aliphatic carbocycles. The fraction of sp³-hybridized carbons (Fsp3) is 0.0923. The van der Waals surface area contributed by atoms with Crippen LogP contribution in [0.4, 0.5) is 5.69 Å². The predicted octanol–water partition coefficient (Wildman–Crippen LogP) is 15.3. The summed E-state index contributed by atoms with van der Waals surface area (Å²) in [5.74, 6) is 0.961. The molecule has 15 rings (SSSR count). The van der Waals surface area contributed by atoms with Crippen molar-refractivity contribution in [2.45, 2.75) is 36.8 Å². The Labute approximate surface area is 406 Å². The molecule has 5 atom stereocenters. The summed E-state index contributed by atoms with van der Waals surface area (Å²) < 4.78 is 2.68. The van der Waals surface area contributed by atoms with Crippen LogP contribution in [-0.4, -0.2) is 10.4 Å². The van der Waals surface area contributed by atoms with Crippen molar-refractivity contribution in [3.8, 4) is 0 Å². The van der Waals surface area contributed by atoms with Crippen LogP contribution in [0.25, 0.3) is 66.3 Å². The topological polar surface area (TPSA) is 44.6 Å². The first kappa shape index (κ1) is 39.5. The van der Waals surface area contributed by atoms with Gasteiger partial charge in [0.2, 0.25) is 0 Å². The van der Waals surface area contributed by atoms with Gasteiger partial charge in [-0.1, -0.05) is 188 Å². The molecule has 0 saturated heterocycles. The molecular formula is C65H47N5. The van der Waals surface area contributed by atoms with Crippen LogP contribution in [0.5, 0.6) is 0 Å². The molecule has 0 fully saturated rings.